The highest BCUT2D eigenvalue weighted by Gasteiger charge is 2.15. The topological polar surface area (TPSA) is 114 Å². The van der Waals surface area contributed by atoms with Crippen molar-refractivity contribution in [2.75, 3.05) is 18.5 Å². The SMILES string of the molecule is CC(C)NS(=O)(=O)c1ccc(NC(=O)CNC(=O)COc2ccccc2)cc1. The second-order valence-corrected chi connectivity index (χ2v) is 7.94. The third-order valence-electron chi connectivity index (χ3n) is 3.40. The number of nitrogens with one attached hydrogen (secondary N) is 3. The highest BCUT2D eigenvalue weighted by Crippen LogP contribution is 2.14. The van der Waals surface area contributed by atoms with Crippen LogP contribution < -0.4 is 20.1 Å². The molecule has 8 nitrogen and oxygen atoms in total. The van der Waals surface area contributed by atoms with Crippen molar-refractivity contribution < 1.29 is 22.7 Å². The second-order valence-electron chi connectivity index (χ2n) is 6.23. The van der Waals surface area contributed by atoms with Gasteiger partial charge < -0.3 is 15.4 Å². The molecule has 9 heteroatoms. The molecule has 0 bridgehead atoms. The van der Waals surface area contributed by atoms with Crippen molar-refractivity contribution in [3.63, 3.8) is 0 Å². The average molecular weight is 405 g/mol. The Kier molecular flexibility index (Phi) is 7.53. The van der Waals surface area contributed by atoms with Crippen molar-refractivity contribution >= 4 is 27.5 Å². The van der Waals surface area contributed by atoms with Crippen LogP contribution in [0.15, 0.2) is 59.5 Å². The molecule has 0 heterocycles. The Hall–Kier alpha value is -2.91. The molecule has 150 valence electrons. The Morgan fingerprint density at radius 3 is 2.21 bits per heavy atom. The van der Waals surface area contributed by atoms with Gasteiger partial charge in [0.2, 0.25) is 15.9 Å². The first kappa shape index (κ1) is 21.4. The van der Waals surface area contributed by atoms with Crippen molar-refractivity contribution in [1.29, 1.82) is 0 Å². The Morgan fingerprint density at radius 2 is 1.61 bits per heavy atom. The van der Waals surface area contributed by atoms with Gasteiger partial charge in [0.15, 0.2) is 6.61 Å². The van der Waals surface area contributed by atoms with Crippen LogP contribution >= 0.6 is 0 Å². The van der Waals surface area contributed by atoms with Gasteiger partial charge in [-0.1, -0.05) is 18.2 Å². The van der Waals surface area contributed by atoms with Crippen molar-refractivity contribution in [3.8, 4) is 5.75 Å². The maximum atomic E-state index is 12.1. The van der Waals surface area contributed by atoms with Gasteiger partial charge >= 0.3 is 0 Å². The fourth-order valence-electron chi connectivity index (χ4n) is 2.20. The predicted molar refractivity (Wildman–Crippen MR) is 105 cm³/mol. The highest BCUT2D eigenvalue weighted by atomic mass is 32.2. The van der Waals surface area contributed by atoms with E-state index in [1.807, 2.05) is 6.07 Å². The molecule has 0 fully saturated rings. The zero-order chi connectivity index (χ0) is 20.6. The van der Waals surface area contributed by atoms with Gasteiger partial charge in [0, 0.05) is 11.7 Å². The van der Waals surface area contributed by atoms with E-state index in [0.717, 1.165) is 0 Å². The van der Waals surface area contributed by atoms with Crippen molar-refractivity contribution in [1.82, 2.24) is 10.0 Å². The molecular weight excluding hydrogens is 382 g/mol. The zero-order valence-electron chi connectivity index (χ0n) is 15.6. The first-order valence-electron chi connectivity index (χ1n) is 8.63. The van der Waals surface area contributed by atoms with E-state index in [0.29, 0.717) is 11.4 Å². The maximum Gasteiger partial charge on any atom is 0.258 e. The molecule has 28 heavy (non-hydrogen) atoms. The number of ether oxygens (including phenoxy) is 1. The minimum absolute atomic E-state index is 0.102. The van der Waals surface area contributed by atoms with Crippen LogP contribution in [0.3, 0.4) is 0 Å². The van der Waals surface area contributed by atoms with Crippen molar-refractivity contribution in [2.45, 2.75) is 24.8 Å². The van der Waals surface area contributed by atoms with Gasteiger partial charge in [0.1, 0.15) is 5.75 Å². The summed E-state index contributed by atoms with van der Waals surface area (Å²) in [6.07, 6.45) is 0. The van der Waals surface area contributed by atoms with E-state index < -0.39 is 21.8 Å². The number of rotatable bonds is 9. The fraction of sp³-hybridized carbons (Fsp3) is 0.263. The number of anilines is 1. The van der Waals surface area contributed by atoms with E-state index in [4.69, 9.17) is 4.74 Å². The van der Waals surface area contributed by atoms with Crippen LogP contribution in [0.5, 0.6) is 5.75 Å². The van der Waals surface area contributed by atoms with Gasteiger partial charge in [-0.05, 0) is 50.2 Å². The number of sulfonamides is 1. The zero-order valence-corrected chi connectivity index (χ0v) is 16.5. The fourth-order valence-corrected chi connectivity index (χ4v) is 3.45. The molecule has 2 aromatic carbocycles. The Morgan fingerprint density at radius 1 is 0.964 bits per heavy atom. The van der Waals surface area contributed by atoms with E-state index >= 15 is 0 Å². The molecule has 0 aromatic heterocycles. The molecule has 0 aliphatic rings. The average Bonchev–Trinajstić information content (AvgIpc) is 2.65. The molecule has 0 spiro atoms. The molecule has 2 amide bonds. The summed E-state index contributed by atoms with van der Waals surface area (Å²) in [5, 5.41) is 5.03. The molecule has 0 atom stereocenters. The van der Waals surface area contributed by atoms with Gasteiger partial charge in [-0.2, -0.15) is 0 Å². The molecule has 3 N–H and O–H groups in total. The smallest absolute Gasteiger partial charge is 0.258 e. The number of carbonyl (C=O) groups is 2. The summed E-state index contributed by atoms with van der Waals surface area (Å²) in [6, 6.07) is 14.4. The summed E-state index contributed by atoms with van der Waals surface area (Å²) < 4.78 is 31.9. The molecule has 0 saturated carbocycles. The molecule has 0 aliphatic carbocycles. The number of hydrogen-bond acceptors (Lipinski definition) is 5. The lowest BCUT2D eigenvalue weighted by molar-refractivity contribution is -0.125. The first-order valence-corrected chi connectivity index (χ1v) is 10.1. The summed E-state index contributed by atoms with van der Waals surface area (Å²) in [7, 11) is -3.59. The van der Waals surface area contributed by atoms with Gasteiger partial charge in [-0.3, -0.25) is 9.59 Å². The van der Waals surface area contributed by atoms with Crippen LogP contribution in [0.25, 0.3) is 0 Å². The van der Waals surface area contributed by atoms with Gasteiger partial charge in [-0.25, -0.2) is 13.1 Å². The molecule has 0 saturated heterocycles. The first-order chi connectivity index (χ1) is 13.3. The van der Waals surface area contributed by atoms with Gasteiger partial charge in [-0.15, -0.1) is 0 Å². The summed E-state index contributed by atoms with van der Waals surface area (Å²) in [4.78, 5) is 23.8. The number of amides is 2. The lowest BCUT2D eigenvalue weighted by Crippen LogP contribution is -2.35. The molecular formula is C19H23N3O5S. The van der Waals surface area contributed by atoms with E-state index in [9.17, 15) is 18.0 Å². The number of carbonyl (C=O) groups excluding carboxylic acids is 2. The van der Waals surface area contributed by atoms with Crippen molar-refractivity contribution in [2.24, 2.45) is 0 Å². The lowest BCUT2D eigenvalue weighted by Gasteiger charge is -2.11. The highest BCUT2D eigenvalue weighted by molar-refractivity contribution is 7.89. The van der Waals surface area contributed by atoms with Crippen LogP contribution in [-0.4, -0.2) is 39.4 Å². The predicted octanol–water partition coefficient (Wildman–Crippen LogP) is 1.51. The van der Waals surface area contributed by atoms with Crippen LogP contribution in [0.1, 0.15) is 13.8 Å². The molecule has 0 unspecified atom stereocenters. The third-order valence-corrected chi connectivity index (χ3v) is 5.07. The largest absolute Gasteiger partial charge is 0.484 e. The van der Waals surface area contributed by atoms with Crippen LogP contribution in [0.2, 0.25) is 0 Å². The number of para-hydroxylation sites is 1. The molecule has 0 aliphatic heterocycles. The second kappa shape index (κ2) is 9.86. The number of hydrogen-bond donors (Lipinski definition) is 3. The summed E-state index contributed by atoms with van der Waals surface area (Å²) in [5.74, 6) is -0.312. The van der Waals surface area contributed by atoms with E-state index in [1.54, 1.807) is 38.1 Å². The monoisotopic (exact) mass is 405 g/mol. The summed E-state index contributed by atoms with van der Waals surface area (Å²) >= 11 is 0. The van der Waals surface area contributed by atoms with E-state index in [1.165, 1.54) is 24.3 Å². The summed E-state index contributed by atoms with van der Waals surface area (Å²) in [5.41, 5.74) is 0.420. The molecule has 2 aromatic rings. The van der Waals surface area contributed by atoms with Crippen LogP contribution in [0, 0.1) is 0 Å². The van der Waals surface area contributed by atoms with Crippen LogP contribution in [0.4, 0.5) is 5.69 Å². The van der Waals surface area contributed by atoms with Crippen molar-refractivity contribution in [3.05, 3.63) is 54.6 Å². The van der Waals surface area contributed by atoms with E-state index in [-0.39, 0.29) is 24.1 Å². The third kappa shape index (κ3) is 7.01. The maximum absolute atomic E-state index is 12.1. The minimum Gasteiger partial charge on any atom is -0.484 e. The molecule has 2 rings (SSSR count). The normalized spacial score (nSPS) is 11.1. The quantitative estimate of drug-likeness (QED) is 0.585. The van der Waals surface area contributed by atoms with Gasteiger partial charge in [0.25, 0.3) is 5.91 Å². The Bertz CT molecular complexity index is 897. The van der Waals surface area contributed by atoms with Crippen LogP contribution in [-0.2, 0) is 19.6 Å². The Balaban J connectivity index is 1.79. The van der Waals surface area contributed by atoms with Gasteiger partial charge in [0.05, 0.1) is 11.4 Å². The summed E-state index contributed by atoms with van der Waals surface area (Å²) in [6.45, 7) is 3.02. The standard InChI is InChI=1S/C19H23N3O5S/c1-14(2)22-28(25,26)17-10-8-15(9-11-17)21-18(23)12-20-19(24)13-27-16-6-4-3-5-7-16/h3-11,14,22H,12-13H2,1-2H3,(H,20,24)(H,21,23). The van der Waals surface area contributed by atoms with E-state index in [2.05, 4.69) is 15.4 Å². The number of benzene rings is 2. The Labute approximate surface area is 164 Å². The lowest BCUT2D eigenvalue weighted by atomic mass is 10.3. The molecule has 0 radical (unpaired) electrons. The minimum atomic E-state index is -3.59.